The summed E-state index contributed by atoms with van der Waals surface area (Å²) >= 11 is 0. The highest BCUT2D eigenvalue weighted by Gasteiger charge is 2.39. The summed E-state index contributed by atoms with van der Waals surface area (Å²) in [5, 5.41) is 16.9. The fourth-order valence-corrected chi connectivity index (χ4v) is 2.15. The van der Waals surface area contributed by atoms with Gasteiger partial charge in [0.25, 0.3) is 0 Å². The van der Waals surface area contributed by atoms with Gasteiger partial charge in [0.1, 0.15) is 11.4 Å². The summed E-state index contributed by atoms with van der Waals surface area (Å²) in [4.78, 5) is 4.25. The van der Waals surface area contributed by atoms with Crippen LogP contribution < -0.4 is 10.6 Å². The summed E-state index contributed by atoms with van der Waals surface area (Å²) in [6.07, 6.45) is 3.37. The average molecular weight is 265 g/mol. The van der Waals surface area contributed by atoms with E-state index < -0.39 is 5.60 Å². The molecule has 2 heterocycles. The fourth-order valence-electron chi connectivity index (χ4n) is 2.15. The first-order valence-electron chi connectivity index (χ1n) is 6.92. The number of ether oxygens (including phenoxy) is 1. The van der Waals surface area contributed by atoms with Crippen molar-refractivity contribution in [1.29, 1.82) is 0 Å². The molecule has 0 saturated carbocycles. The highest BCUT2D eigenvalue weighted by atomic mass is 16.5. The van der Waals surface area contributed by atoms with E-state index >= 15 is 0 Å². The second-order valence-electron chi connectivity index (χ2n) is 5.08. The lowest BCUT2D eigenvalue weighted by Gasteiger charge is -2.26. The van der Waals surface area contributed by atoms with Gasteiger partial charge in [0, 0.05) is 44.1 Å². The summed E-state index contributed by atoms with van der Waals surface area (Å²) < 4.78 is 5.42. The van der Waals surface area contributed by atoms with Gasteiger partial charge in [-0.05, 0) is 19.4 Å². The number of hydrogen-bond donors (Lipinski definition) is 3. The minimum absolute atomic E-state index is 0.125. The lowest BCUT2D eigenvalue weighted by Crippen LogP contribution is -2.43. The second kappa shape index (κ2) is 6.21. The smallest absolute Gasteiger partial charge is 0.127 e. The quantitative estimate of drug-likeness (QED) is 0.732. The molecule has 5 heteroatoms. The van der Waals surface area contributed by atoms with Crippen LogP contribution in [-0.4, -0.2) is 41.5 Å². The van der Waals surface area contributed by atoms with E-state index in [1.807, 2.05) is 19.1 Å². The van der Waals surface area contributed by atoms with E-state index in [0.29, 0.717) is 19.6 Å². The molecule has 0 spiro atoms. The SMILES string of the molecule is CCCNc1cc(NCC2(O)CCOC2C)ccn1. The van der Waals surface area contributed by atoms with Crippen molar-refractivity contribution in [2.75, 3.05) is 30.3 Å². The maximum Gasteiger partial charge on any atom is 0.127 e. The highest BCUT2D eigenvalue weighted by molar-refractivity contribution is 5.52. The lowest BCUT2D eigenvalue weighted by molar-refractivity contribution is -0.0175. The van der Waals surface area contributed by atoms with Gasteiger partial charge in [-0.1, -0.05) is 6.92 Å². The molecule has 1 aromatic rings. The summed E-state index contributed by atoms with van der Waals surface area (Å²) in [7, 11) is 0. The van der Waals surface area contributed by atoms with Gasteiger partial charge < -0.3 is 20.5 Å². The molecular formula is C14H23N3O2. The van der Waals surface area contributed by atoms with Crippen LogP contribution in [0.15, 0.2) is 18.3 Å². The van der Waals surface area contributed by atoms with Crippen molar-refractivity contribution >= 4 is 11.5 Å². The number of hydrogen-bond acceptors (Lipinski definition) is 5. The summed E-state index contributed by atoms with van der Waals surface area (Å²) in [6.45, 7) is 6.05. The number of pyridine rings is 1. The Morgan fingerprint density at radius 3 is 3.05 bits per heavy atom. The van der Waals surface area contributed by atoms with Crippen molar-refractivity contribution < 1.29 is 9.84 Å². The van der Waals surface area contributed by atoms with Crippen LogP contribution >= 0.6 is 0 Å². The molecule has 1 aromatic heterocycles. The third-order valence-corrected chi connectivity index (χ3v) is 3.57. The van der Waals surface area contributed by atoms with Crippen molar-refractivity contribution in [2.24, 2.45) is 0 Å². The van der Waals surface area contributed by atoms with E-state index in [9.17, 15) is 5.11 Å². The van der Waals surface area contributed by atoms with Crippen LogP contribution in [0.1, 0.15) is 26.7 Å². The van der Waals surface area contributed by atoms with Gasteiger partial charge in [-0.25, -0.2) is 4.98 Å². The van der Waals surface area contributed by atoms with Crippen molar-refractivity contribution in [3.63, 3.8) is 0 Å². The minimum atomic E-state index is -0.777. The van der Waals surface area contributed by atoms with E-state index in [1.54, 1.807) is 6.20 Å². The van der Waals surface area contributed by atoms with Crippen molar-refractivity contribution in [2.45, 2.75) is 38.4 Å². The fraction of sp³-hybridized carbons (Fsp3) is 0.643. The molecule has 1 saturated heterocycles. The predicted molar refractivity (Wildman–Crippen MR) is 76.5 cm³/mol. The van der Waals surface area contributed by atoms with Crippen LogP contribution in [0.3, 0.4) is 0 Å². The molecule has 2 rings (SSSR count). The van der Waals surface area contributed by atoms with Gasteiger partial charge in [0.15, 0.2) is 0 Å². The van der Waals surface area contributed by atoms with Gasteiger partial charge in [0.05, 0.1) is 6.10 Å². The van der Waals surface area contributed by atoms with E-state index in [1.165, 1.54) is 0 Å². The number of aromatic nitrogens is 1. The van der Waals surface area contributed by atoms with E-state index in [4.69, 9.17) is 4.74 Å². The number of aliphatic hydroxyl groups is 1. The molecule has 5 nitrogen and oxygen atoms in total. The Bertz CT molecular complexity index is 413. The van der Waals surface area contributed by atoms with Crippen LogP contribution in [0.25, 0.3) is 0 Å². The lowest BCUT2D eigenvalue weighted by atomic mass is 9.96. The van der Waals surface area contributed by atoms with Gasteiger partial charge in [-0.2, -0.15) is 0 Å². The Balaban J connectivity index is 1.92. The molecule has 2 unspecified atom stereocenters. The van der Waals surface area contributed by atoms with Crippen LogP contribution in [-0.2, 0) is 4.74 Å². The Morgan fingerprint density at radius 2 is 2.37 bits per heavy atom. The Morgan fingerprint density at radius 1 is 1.53 bits per heavy atom. The van der Waals surface area contributed by atoms with Gasteiger partial charge in [-0.3, -0.25) is 0 Å². The Kier molecular flexibility index (Phi) is 4.61. The molecule has 1 aliphatic heterocycles. The minimum Gasteiger partial charge on any atom is -0.385 e. The van der Waals surface area contributed by atoms with Gasteiger partial charge >= 0.3 is 0 Å². The summed E-state index contributed by atoms with van der Waals surface area (Å²) in [5.41, 5.74) is 0.182. The third-order valence-electron chi connectivity index (χ3n) is 3.57. The Hall–Kier alpha value is -1.33. The summed E-state index contributed by atoms with van der Waals surface area (Å²) in [6, 6.07) is 3.86. The molecule has 3 N–H and O–H groups in total. The Labute approximate surface area is 114 Å². The first kappa shape index (κ1) is 14.1. The monoisotopic (exact) mass is 265 g/mol. The first-order chi connectivity index (χ1) is 9.14. The standard InChI is InChI=1S/C14H23N3O2/c1-3-6-15-13-9-12(4-7-16-13)17-10-14(18)5-8-19-11(14)2/h4,7,9,11,18H,3,5-6,8,10H2,1-2H3,(H2,15,16,17). The molecule has 19 heavy (non-hydrogen) atoms. The largest absolute Gasteiger partial charge is 0.385 e. The zero-order valence-electron chi connectivity index (χ0n) is 11.6. The maximum absolute atomic E-state index is 10.4. The van der Waals surface area contributed by atoms with E-state index in [0.717, 1.165) is 24.5 Å². The van der Waals surface area contributed by atoms with E-state index in [2.05, 4.69) is 22.5 Å². The predicted octanol–water partition coefficient (Wildman–Crippen LogP) is 1.86. The summed E-state index contributed by atoms with van der Waals surface area (Å²) in [5.74, 6) is 0.856. The normalized spacial score (nSPS) is 26.4. The highest BCUT2D eigenvalue weighted by Crippen LogP contribution is 2.26. The zero-order valence-corrected chi connectivity index (χ0v) is 11.6. The molecule has 0 bridgehead atoms. The van der Waals surface area contributed by atoms with Gasteiger partial charge in [-0.15, -0.1) is 0 Å². The van der Waals surface area contributed by atoms with E-state index in [-0.39, 0.29) is 6.10 Å². The van der Waals surface area contributed by atoms with Crippen molar-refractivity contribution in [3.05, 3.63) is 18.3 Å². The molecule has 106 valence electrons. The maximum atomic E-state index is 10.4. The first-order valence-corrected chi connectivity index (χ1v) is 6.92. The second-order valence-corrected chi connectivity index (χ2v) is 5.08. The van der Waals surface area contributed by atoms with Crippen molar-refractivity contribution in [3.8, 4) is 0 Å². The molecule has 2 atom stereocenters. The number of nitrogens with one attached hydrogen (secondary N) is 2. The van der Waals surface area contributed by atoms with Crippen LogP contribution in [0, 0.1) is 0 Å². The number of nitrogens with zero attached hydrogens (tertiary/aromatic N) is 1. The third kappa shape index (κ3) is 3.58. The molecule has 0 aromatic carbocycles. The zero-order chi connectivity index (χ0) is 13.7. The van der Waals surface area contributed by atoms with Crippen LogP contribution in [0.2, 0.25) is 0 Å². The molecule has 1 fully saturated rings. The molecular weight excluding hydrogens is 242 g/mol. The van der Waals surface area contributed by atoms with Crippen LogP contribution in [0.5, 0.6) is 0 Å². The van der Waals surface area contributed by atoms with Gasteiger partial charge in [0.2, 0.25) is 0 Å². The van der Waals surface area contributed by atoms with Crippen LogP contribution in [0.4, 0.5) is 11.5 Å². The molecule has 1 aliphatic rings. The number of anilines is 2. The molecule has 0 amide bonds. The number of rotatable bonds is 6. The molecule has 0 radical (unpaired) electrons. The van der Waals surface area contributed by atoms with Crippen molar-refractivity contribution in [1.82, 2.24) is 4.98 Å². The average Bonchev–Trinajstić information content (AvgIpc) is 2.75. The molecule has 0 aliphatic carbocycles. The topological polar surface area (TPSA) is 66.4 Å².